The molecule has 98 valence electrons. The Labute approximate surface area is 108 Å². The monoisotopic (exact) mass is 248 g/mol. The van der Waals surface area contributed by atoms with Crippen LogP contribution in [-0.4, -0.2) is 23.6 Å². The number of nitrogens with one attached hydrogen (secondary N) is 1. The van der Waals surface area contributed by atoms with Crippen molar-refractivity contribution in [3.05, 3.63) is 29.6 Å². The molecule has 0 spiro atoms. The average Bonchev–Trinajstić information content (AvgIpc) is 2.38. The summed E-state index contributed by atoms with van der Waals surface area (Å²) in [5, 5.41) is 2.96. The molecule has 0 bridgehead atoms. The Morgan fingerprint density at radius 2 is 2.39 bits per heavy atom. The minimum Gasteiger partial charge on any atom is -0.378 e. The van der Waals surface area contributed by atoms with Gasteiger partial charge in [0.25, 0.3) is 0 Å². The predicted molar refractivity (Wildman–Crippen MR) is 69.0 cm³/mol. The second kappa shape index (κ2) is 5.96. The van der Waals surface area contributed by atoms with E-state index in [4.69, 9.17) is 4.74 Å². The van der Waals surface area contributed by atoms with Gasteiger partial charge in [-0.15, -0.1) is 0 Å². The van der Waals surface area contributed by atoms with Crippen LogP contribution in [0.4, 0.5) is 0 Å². The number of nitrogens with zero attached hydrogens (tertiary/aromatic N) is 1. The third-order valence-electron chi connectivity index (χ3n) is 3.38. The first kappa shape index (κ1) is 13.0. The number of ether oxygens (including phenoxy) is 1. The lowest BCUT2D eigenvalue weighted by molar-refractivity contribution is -0.133. The molecule has 0 unspecified atom stereocenters. The second-order valence-corrected chi connectivity index (χ2v) is 4.85. The van der Waals surface area contributed by atoms with Gasteiger partial charge in [0.2, 0.25) is 5.91 Å². The Hall–Kier alpha value is -1.42. The molecule has 0 aromatic carbocycles. The van der Waals surface area contributed by atoms with E-state index in [-0.39, 0.29) is 17.9 Å². The largest absolute Gasteiger partial charge is 0.378 e. The maximum absolute atomic E-state index is 12.0. The van der Waals surface area contributed by atoms with Gasteiger partial charge in [-0.3, -0.25) is 9.78 Å². The summed E-state index contributed by atoms with van der Waals surface area (Å²) in [6.07, 6.45) is 3.71. The highest BCUT2D eigenvalue weighted by Gasteiger charge is 2.28. The molecule has 1 N–H and O–H groups in total. The van der Waals surface area contributed by atoms with Crippen LogP contribution in [0.15, 0.2) is 18.3 Å². The van der Waals surface area contributed by atoms with E-state index in [0.29, 0.717) is 6.54 Å². The van der Waals surface area contributed by atoms with Crippen molar-refractivity contribution in [2.75, 3.05) is 6.61 Å². The number of aromatic nitrogens is 1. The van der Waals surface area contributed by atoms with Crippen molar-refractivity contribution in [1.29, 1.82) is 0 Å². The highest BCUT2D eigenvalue weighted by molar-refractivity contribution is 5.79. The molecular weight excluding hydrogens is 228 g/mol. The van der Waals surface area contributed by atoms with Gasteiger partial charge in [0.05, 0.1) is 12.0 Å². The topological polar surface area (TPSA) is 51.2 Å². The summed E-state index contributed by atoms with van der Waals surface area (Å²) in [6, 6.07) is 3.94. The van der Waals surface area contributed by atoms with Crippen molar-refractivity contribution in [1.82, 2.24) is 10.3 Å². The molecule has 1 aromatic rings. The van der Waals surface area contributed by atoms with E-state index in [1.165, 1.54) is 0 Å². The Bertz CT molecular complexity index is 403. The molecule has 4 nitrogen and oxygen atoms in total. The Morgan fingerprint density at radius 1 is 1.56 bits per heavy atom. The zero-order chi connectivity index (χ0) is 13.0. The highest BCUT2D eigenvalue weighted by atomic mass is 16.5. The van der Waals surface area contributed by atoms with Crippen LogP contribution in [0.3, 0.4) is 0 Å². The molecule has 2 rings (SSSR count). The molecular formula is C14H20N2O2. The molecule has 1 aromatic heterocycles. The van der Waals surface area contributed by atoms with E-state index in [1.54, 1.807) is 6.20 Å². The van der Waals surface area contributed by atoms with Crippen molar-refractivity contribution >= 4 is 5.91 Å². The number of hydrogen-bond acceptors (Lipinski definition) is 3. The molecule has 1 aliphatic rings. The number of carbonyl (C=O) groups is 1. The number of rotatable bonds is 3. The lowest BCUT2D eigenvalue weighted by Gasteiger charge is -2.28. The highest BCUT2D eigenvalue weighted by Crippen LogP contribution is 2.20. The van der Waals surface area contributed by atoms with Crippen molar-refractivity contribution < 1.29 is 9.53 Å². The van der Waals surface area contributed by atoms with E-state index in [2.05, 4.69) is 10.3 Å². The van der Waals surface area contributed by atoms with Crippen LogP contribution in [0, 0.1) is 12.8 Å². The zero-order valence-corrected chi connectivity index (χ0v) is 11.0. The van der Waals surface area contributed by atoms with Gasteiger partial charge in [0.15, 0.2) is 0 Å². The van der Waals surface area contributed by atoms with E-state index in [9.17, 15) is 4.79 Å². The SMILES string of the molecule is Cc1ccc(CNC(=O)[C@@H]2CCCO[C@H]2C)cn1. The number of pyridine rings is 1. The minimum atomic E-state index is -0.0165. The smallest absolute Gasteiger partial charge is 0.225 e. The molecule has 18 heavy (non-hydrogen) atoms. The summed E-state index contributed by atoms with van der Waals surface area (Å²) in [5.74, 6) is 0.0694. The van der Waals surface area contributed by atoms with E-state index in [1.807, 2.05) is 26.0 Å². The molecule has 1 saturated heterocycles. The minimum absolute atomic E-state index is 0.0165. The molecule has 4 heteroatoms. The Kier molecular flexibility index (Phi) is 4.31. The predicted octanol–water partition coefficient (Wildman–Crippen LogP) is 1.82. The van der Waals surface area contributed by atoms with Crippen molar-refractivity contribution in [2.24, 2.45) is 5.92 Å². The summed E-state index contributed by atoms with van der Waals surface area (Å²) >= 11 is 0. The molecule has 0 saturated carbocycles. The molecule has 1 aliphatic heterocycles. The number of hydrogen-bond donors (Lipinski definition) is 1. The van der Waals surface area contributed by atoms with E-state index >= 15 is 0 Å². The summed E-state index contributed by atoms with van der Waals surface area (Å²) in [6.45, 7) is 5.22. The standard InChI is InChI=1S/C14H20N2O2/c1-10-5-6-12(8-15-10)9-16-14(17)13-4-3-7-18-11(13)2/h5-6,8,11,13H,3-4,7,9H2,1-2H3,(H,16,17)/t11-,13+/m0/s1. The van der Waals surface area contributed by atoms with Crippen molar-refractivity contribution in [2.45, 2.75) is 39.3 Å². The first-order chi connectivity index (χ1) is 8.66. The van der Waals surface area contributed by atoms with Crippen molar-refractivity contribution in [3.8, 4) is 0 Å². The van der Waals surface area contributed by atoms with Crippen molar-refractivity contribution in [3.63, 3.8) is 0 Å². The van der Waals surface area contributed by atoms with Gasteiger partial charge in [-0.2, -0.15) is 0 Å². The van der Waals surface area contributed by atoms with Crippen LogP contribution in [0.5, 0.6) is 0 Å². The number of amides is 1. The first-order valence-electron chi connectivity index (χ1n) is 6.47. The third-order valence-corrected chi connectivity index (χ3v) is 3.38. The van der Waals surface area contributed by atoms with Crippen LogP contribution in [-0.2, 0) is 16.1 Å². The second-order valence-electron chi connectivity index (χ2n) is 4.85. The average molecular weight is 248 g/mol. The van der Waals surface area contributed by atoms with E-state index < -0.39 is 0 Å². The van der Waals surface area contributed by atoms with Gasteiger partial charge < -0.3 is 10.1 Å². The molecule has 0 radical (unpaired) electrons. The van der Waals surface area contributed by atoms with E-state index in [0.717, 1.165) is 30.7 Å². The molecule has 2 atom stereocenters. The van der Waals surface area contributed by atoms with Gasteiger partial charge in [-0.05, 0) is 38.3 Å². The fraction of sp³-hybridized carbons (Fsp3) is 0.571. The molecule has 1 fully saturated rings. The van der Waals surface area contributed by atoms with Gasteiger partial charge in [0, 0.05) is 25.0 Å². The molecule has 2 heterocycles. The lowest BCUT2D eigenvalue weighted by atomic mass is 9.94. The summed E-state index contributed by atoms with van der Waals surface area (Å²) in [7, 11) is 0. The Balaban J connectivity index is 1.85. The summed E-state index contributed by atoms with van der Waals surface area (Å²) in [5.41, 5.74) is 2.01. The fourth-order valence-electron chi connectivity index (χ4n) is 2.19. The van der Waals surface area contributed by atoms with Crippen LogP contribution in [0.2, 0.25) is 0 Å². The fourth-order valence-corrected chi connectivity index (χ4v) is 2.19. The number of carbonyl (C=O) groups excluding carboxylic acids is 1. The zero-order valence-electron chi connectivity index (χ0n) is 11.0. The summed E-state index contributed by atoms with van der Waals surface area (Å²) < 4.78 is 5.51. The molecule has 0 aliphatic carbocycles. The van der Waals surface area contributed by atoms with Crippen LogP contribution in [0.1, 0.15) is 31.0 Å². The van der Waals surface area contributed by atoms with Gasteiger partial charge >= 0.3 is 0 Å². The molecule has 1 amide bonds. The summed E-state index contributed by atoms with van der Waals surface area (Å²) in [4.78, 5) is 16.2. The maximum atomic E-state index is 12.0. The van der Waals surface area contributed by atoms with Crippen LogP contribution < -0.4 is 5.32 Å². The van der Waals surface area contributed by atoms with Crippen LogP contribution >= 0.6 is 0 Å². The normalized spacial score (nSPS) is 23.7. The van der Waals surface area contributed by atoms with Crippen LogP contribution in [0.25, 0.3) is 0 Å². The van der Waals surface area contributed by atoms with Gasteiger partial charge in [-0.1, -0.05) is 6.07 Å². The first-order valence-corrected chi connectivity index (χ1v) is 6.47. The maximum Gasteiger partial charge on any atom is 0.225 e. The quantitative estimate of drug-likeness (QED) is 0.887. The van der Waals surface area contributed by atoms with Gasteiger partial charge in [0.1, 0.15) is 0 Å². The third kappa shape index (κ3) is 3.29. The Morgan fingerprint density at radius 3 is 3.06 bits per heavy atom. The van der Waals surface area contributed by atoms with Gasteiger partial charge in [-0.25, -0.2) is 0 Å². The number of aryl methyl sites for hydroxylation is 1. The lowest BCUT2D eigenvalue weighted by Crippen LogP contribution is -2.39.